The largest absolute Gasteiger partial charge is 1.00 e. The van der Waals surface area contributed by atoms with E-state index in [2.05, 4.69) is 17.4 Å². The fourth-order valence-corrected chi connectivity index (χ4v) is 0. The lowest BCUT2D eigenvalue weighted by atomic mass is 11.8. The van der Waals surface area contributed by atoms with Gasteiger partial charge in [-0.1, -0.05) is 0 Å². The molecule has 0 N–H and O–H groups in total. The van der Waals surface area contributed by atoms with E-state index in [1.54, 1.807) is 0 Å². The van der Waals surface area contributed by atoms with Crippen molar-refractivity contribution in [2.45, 2.75) is 17.4 Å². The molecule has 0 amide bonds. The van der Waals surface area contributed by atoms with Crippen molar-refractivity contribution in [2.75, 3.05) is 0 Å². The highest BCUT2D eigenvalue weighted by atomic mass is 27.2. The van der Waals surface area contributed by atoms with Crippen LogP contribution in [0.5, 0.6) is 0 Å². The second-order valence-electron chi connectivity index (χ2n) is 1.73. The molecule has 0 saturated carbocycles. The summed E-state index contributed by atoms with van der Waals surface area (Å²) in [5, 5.41) is 0. The summed E-state index contributed by atoms with van der Waals surface area (Å²) in [4.78, 5) is 0. The molecule has 0 heterocycles. The molecule has 0 atom stereocenters. The highest BCUT2D eigenvalue weighted by Gasteiger charge is 1.81. The maximum absolute atomic E-state index is 2.31. The predicted octanol–water partition coefficient (Wildman–Crippen LogP) is 1.48. The van der Waals surface area contributed by atoms with Gasteiger partial charge in [0, 0.05) is 0 Å². The molecule has 0 spiro atoms. The van der Waals surface area contributed by atoms with Crippen molar-refractivity contribution in [1.82, 2.24) is 0 Å². The zero-order chi connectivity index (χ0) is 3.58. The summed E-state index contributed by atoms with van der Waals surface area (Å²) in [6, 6.07) is 0. The molecule has 0 nitrogen and oxygen atoms in total. The summed E-state index contributed by atoms with van der Waals surface area (Å²) < 4.78 is 0. The lowest BCUT2D eigenvalue weighted by molar-refractivity contribution is 1.91. The van der Waals surface area contributed by atoms with Crippen LogP contribution in [0.3, 0.4) is 0 Å². The van der Waals surface area contributed by atoms with Crippen LogP contribution in [0.25, 0.3) is 0 Å². The molecule has 1 heteroatoms. The zero-order valence-corrected chi connectivity index (χ0v) is 4.73. The normalized spacial score (nSPS) is 6.75. The van der Waals surface area contributed by atoms with Crippen LogP contribution in [0, 0.1) is 0 Å². The lowest BCUT2D eigenvalue weighted by Gasteiger charge is -1.67. The Morgan fingerprint density at radius 3 is 1.25 bits per heavy atom. The van der Waals surface area contributed by atoms with E-state index in [1.807, 2.05) is 0 Å². The van der Waals surface area contributed by atoms with E-state index in [4.69, 9.17) is 0 Å². The minimum absolute atomic E-state index is 0. The van der Waals surface area contributed by atoms with Crippen molar-refractivity contribution < 1.29 is 1.43 Å². The maximum atomic E-state index is 2.31. The minimum Gasteiger partial charge on any atom is -1.00 e. The third-order valence-electron chi connectivity index (χ3n) is 0. The monoisotopic (exact) mass is 73.1 g/mol. The fraction of sp³-hybridized carbons (Fsp3) is 1.00. The predicted molar refractivity (Wildman–Crippen MR) is 24.5 cm³/mol. The Labute approximate surface area is 33.7 Å². The molecule has 0 aliphatic heterocycles. The van der Waals surface area contributed by atoms with Gasteiger partial charge in [-0.2, -0.15) is 0 Å². The molecule has 0 aromatic heterocycles. The average Bonchev–Trinajstić information content (AvgIpc) is 0.811. The Hall–Kier alpha value is 0.532. The van der Waals surface area contributed by atoms with E-state index >= 15 is 0 Å². The molecular formula is C3H10Al-. The number of hydrogen-bond donors (Lipinski definition) is 0. The molecular weight excluding hydrogens is 63.0 g/mol. The lowest BCUT2D eigenvalue weighted by Crippen LogP contribution is -1.84. The van der Waals surface area contributed by atoms with Gasteiger partial charge in [0.15, 0.2) is 0 Å². The van der Waals surface area contributed by atoms with Crippen LogP contribution < -0.4 is 0 Å². The van der Waals surface area contributed by atoms with Gasteiger partial charge in [0.1, 0.15) is 0 Å². The van der Waals surface area contributed by atoms with Crippen LogP contribution in [-0.4, -0.2) is 14.1 Å². The summed E-state index contributed by atoms with van der Waals surface area (Å²) in [6.45, 7) is 0. The molecule has 4 heavy (non-hydrogen) atoms. The van der Waals surface area contributed by atoms with Gasteiger partial charge in [0.05, 0.1) is 0 Å². The van der Waals surface area contributed by atoms with Crippen LogP contribution in [-0.2, 0) is 0 Å². The van der Waals surface area contributed by atoms with Gasteiger partial charge < -0.3 is 1.43 Å². The third kappa shape index (κ3) is 21.0. The summed E-state index contributed by atoms with van der Waals surface area (Å²) >= 11 is -0.139. The van der Waals surface area contributed by atoms with Gasteiger partial charge in [0.25, 0.3) is 14.1 Å². The Morgan fingerprint density at radius 2 is 1.25 bits per heavy atom. The van der Waals surface area contributed by atoms with Gasteiger partial charge in [-0.3, -0.25) is 0 Å². The smallest absolute Gasteiger partial charge is 0.251 e. The Balaban J connectivity index is 0. The van der Waals surface area contributed by atoms with E-state index in [1.165, 1.54) is 0 Å². The van der Waals surface area contributed by atoms with Crippen LogP contribution in [0.1, 0.15) is 1.43 Å². The van der Waals surface area contributed by atoms with Crippen molar-refractivity contribution >= 4 is 14.1 Å². The van der Waals surface area contributed by atoms with Crippen LogP contribution in [0.2, 0.25) is 17.4 Å². The Bertz CT molecular complexity index is 11.6. The summed E-state index contributed by atoms with van der Waals surface area (Å²) in [7, 11) is 0. The first-order valence-corrected chi connectivity index (χ1v) is 5.20. The third-order valence-corrected chi connectivity index (χ3v) is 0. The molecule has 0 rings (SSSR count). The molecule has 0 bridgehead atoms. The summed E-state index contributed by atoms with van der Waals surface area (Å²) in [5.41, 5.74) is 0. The first-order chi connectivity index (χ1) is 1.73. The molecule has 0 radical (unpaired) electrons. The van der Waals surface area contributed by atoms with Gasteiger partial charge in [0.2, 0.25) is 0 Å². The van der Waals surface area contributed by atoms with Gasteiger partial charge in [-0.15, -0.1) is 17.4 Å². The Morgan fingerprint density at radius 1 is 1.25 bits per heavy atom. The molecule has 0 fully saturated rings. The topological polar surface area (TPSA) is 0 Å². The van der Waals surface area contributed by atoms with Crippen LogP contribution >= 0.6 is 0 Å². The van der Waals surface area contributed by atoms with Crippen molar-refractivity contribution in [3.63, 3.8) is 0 Å². The van der Waals surface area contributed by atoms with Crippen molar-refractivity contribution in [3.05, 3.63) is 0 Å². The standard InChI is InChI=1S/3CH3.Al.H/h3*1H3;;/q;;;;-1. The minimum atomic E-state index is -0.139. The van der Waals surface area contributed by atoms with E-state index in [0.717, 1.165) is 0 Å². The van der Waals surface area contributed by atoms with Gasteiger partial charge in [-0.25, -0.2) is 0 Å². The van der Waals surface area contributed by atoms with Crippen LogP contribution in [0.15, 0.2) is 0 Å². The van der Waals surface area contributed by atoms with Crippen LogP contribution in [0.4, 0.5) is 0 Å². The summed E-state index contributed by atoms with van der Waals surface area (Å²) in [6.07, 6.45) is 0. The van der Waals surface area contributed by atoms with E-state index in [0.29, 0.717) is 0 Å². The van der Waals surface area contributed by atoms with Crippen molar-refractivity contribution in [2.24, 2.45) is 0 Å². The molecule has 0 saturated heterocycles. The Kier molecular flexibility index (Phi) is 2.06. The zero-order valence-electron chi connectivity index (χ0n) is 4.58. The molecule has 26 valence electrons. The second kappa shape index (κ2) is 1.82. The second-order valence-corrected chi connectivity index (χ2v) is 5.20. The molecule has 0 aliphatic rings. The molecule has 0 aromatic rings. The fourth-order valence-electron chi connectivity index (χ4n) is 0. The quantitative estimate of drug-likeness (QED) is 0.381. The SMILES string of the molecule is [CH3][Al]([CH3])[CH3].[H-]. The van der Waals surface area contributed by atoms with Crippen molar-refractivity contribution in [1.29, 1.82) is 0 Å². The highest BCUT2D eigenvalue weighted by Crippen LogP contribution is 1.68. The molecule has 0 aliphatic carbocycles. The number of rotatable bonds is 0. The first-order valence-electron chi connectivity index (χ1n) is 1.73. The first kappa shape index (κ1) is 4.53. The van der Waals surface area contributed by atoms with E-state index < -0.39 is 0 Å². The van der Waals surface area contributed by atoms with Gasteiger partial charge >= 0.3 is 0 Å². The average molecular weight is 73.1 g/mol. The number of hydrogen-bond acceptors (Lipinski definition) is 0. The highest BCUT2D eigenvalue weighted by molar-refractivity contribution is 6.54. The summed E-state index contributed by atoms with van der Waals surface area (Å²) in [5.74, 6) is 6.92. The van der Waals surface area contributed by atoms with Gasteiger partial charge in [-0.05, 0) is 0 Å². The molecule has 0 aromatic carbocycles. The van der Waals surface area contributed by atoms with E-state index in [-0.39, 0.29) is 15.6 Å². The van der Waals surface area contributed by atoms with E-state index in [9.17, 15) is 0 Å². The maximum Gasteiger partial charge on any atom is 0.251 e. The molecule has 0 unspecified atom stereocenters. The van der Waals surface area contributed by atoms with Crippen molar-refractivity contribution in [3.8, 4) is 0 Å².